The van der Waals surface area contributed by atoms with E-state index in [0.717, 1.165) is 0 Å². The Kier molecular flexibility index (Phi) is 6.58. The summed E-state index contributed by atoms with van der Waals surface area (Å²) in [5.74, 6) is -0.457. The normalized spacial score (nSPS) is 10.6. The minimum Gasteiger partial charge on any atom is -0.382 e. The average molecular weight is 282 g/mol. The molecule has 0 bridgehead atoms. The Labute approximate surface area is 110 Å². The van der Waals surface area contributed by atoms with Crippen LogP contribution in [0.4, 0.5) is 10.1 Å². The van der Waals surface area contributed by atoms with Crippen molar-refractivity contribution in [1.29, 1.82) is 0 Å². The Balaban J connectivity index is 2.36. The number of hydrogen-bond acceptors (Lipinski definition) is 3. The first-order valence-corrected chi connectivity index (χ1v) is 5.86. The first-order chi connectivity index (χ1) is 8.15. The van der Waals surface area contributed by atoms with Gasteiger partial charge in [-0.1, -0.05) is 23.2 Å². The number of methoxy groups -OCH3 is 1. The maximum atomic E-state index is 12.9. The highest BCUT2D eigenvalue weighted by Crippen LogP contribution is 2.30. The van der Waals surface area contributed by atoms with Crippen LogP contribution in [0, 0.1) is 5.82 Å². The lowest BCUT2D eigenvalue weighted by Gasteiger charge is -2.10. The molecule has 0 aliphatic heterocycles. The quantitative estimate of drug-likeness (QED) is 0.779. The third-order valence-electron chi connectivity index (χ3n) is 1.99. The van der Waals surface area contributed by atoms with E-state index in [2.05, 4.69) is 5.32 Å². The van der Waals surface area contributed by atoms with Gasteiger partial charge in [0.05, 0.1) is 35.6 Å². The fraction of sp³-hybridized carbons (Fsp3) is 0.455. The molecule has 0 aromatic heterocycles. The topological polar surface area (TPSA) is 30.5 Å². The van der Waals surface area contributed by atoms with Crippen LogP contribution in [0.1, 0.15) is 0 Å². The summed E-state index contributed by atoms with van der Waals surface area (Å²) < 4.78 is 23.0. The van der Waals surface area contributed by atoms with Gasteiger partial charge in [-0.2, -0.15) is 0 Å². The van der Waals surface area contributed by atoms with Crippen LogP contribution >= 0.6 is 23.2 Å². The van der Waals surface area contributed by atoms with Crippen molar-refractivity contribution >= 4 is 28.9 Å². The first-order valence-electron chi connectivity index (χ1n) is 5.10. The summed E-state index contributed by atoms with van der Waals surface area (Å²) in [4.78, 5) is 0. The van der Waals surface area contributed by atoms with Crippen LogP contribution in [-0.2, 0) is 9.47 Å². The Morgan fingerprint density at radius 1 is 1.18 bits per heavy atom. The number of anilines is 1. The molecule has 0 saturated carbocycles. The van der Waals surface area contributed by atoms with Crippen molar-refractivity contribution in [3.8, 4) is 0 Å². The van der Waals surface area contributed by atoms with E-state index in [1.165, 1.54) is 12.1 Å². The maximum Gasteiger partial charge on any atom is 0.126 e. The second-order valence-electron chi connectivity index (χ2n) is 3.28. The van der Waals surface area contributed by atoms with E-state index in [4.69, 9.17) is 32.7 Å². The van der Waals surface area contributed by atoms with Crippen LogP contribution in [0.2, 0.25) is 10.0 Å². The molecule has 0 aliphatic rings. The Bertz CT molecular complexity index is 340. The summed E-state index contributed by atoms with van der Waals surface area (Å²) in [5.41, 5.74) is 0.519. The molecule has 0 atom stereocenters. The standard InChI is InChI=1S/C11H14Cl2FNO2/c1-16-4-5-17-3-2-15-11-9(12)6-8(14)7-10(11)13/h6-7,15H,2-5H2,1H3. The molecule has 0 aliphatic carbocycles. The molecule has 17 heavy (non-hydrogen) atoms. The van der Waals surface area contributed by atoms with Gasteiger partial charge in [-0.3, -0.25) is 0 Å². The summed E-state index contributed by atoms with van der Waals surface area (Å²) in [7, 11) is 1.61. The molecule has 96 valence electrons. The molecule has 0 saturated heterocycles. The molecule has 0 spiro atoms. The molecule has 1 aromatic carbocycles. The van der Waals surface area contributed by atoms with E-state index in [9.17, 15) is 4.39 Å². The van der Waals surface area contributed by atoms with Gasteiger partial charge >= 0.3 is 0 Å². The SMILES string of the molecule is COCCOCCNc1c(Cl)cc(F)cc1Cl. The largest absolute Gasteiger partial charge is 0.382 e. The van der Waals surface area contributed by atoms with Gasteiger partial charge in [0.25, 0.3) is 0 Å². The van der Waals surface area contributed by atoms with Crippen LogP contribution < -0.4 is 5.32 Å². The highest BCUT2D eigenvalue weighted by Gasteiger charge is 2.07. The first kappa shape index (κ1) is 14.5. The minimum atomic E-state index is -0.457. The van der Waals surface area contributed by atoms with Crippen molar-refractivity contribution in [3.05, 3.63) is 28.0 Å². The molecule has 0 heterocycles. The molecule has 1 aromatic rings. The highest BCUT2D eigenvalue weighted by atomic mass is 35.5. The van der Waals surface area contributed by atoms with Gasteiger partial charge in [0.2, 0.25) is 0 Å². The number of hydrogen-bond donors (Lipinski definition) is 1. The van der Waals surface area contributed by atoms with Crippen molar-refractivity contribution in [2.24, 2.45) is 0 Å². The second-order valence-corrected chi connectivity index (χ2v) is 4.09. The molecule has 3 nitrogen and oxygen atoms in total. The van der Waals surface area contributed by atoms with E-state index >= 15 is 0 Å². The maximum absolute atomic E-state index is 12.9. The van der Waals surface area contributed by atoms with Gasteiger partial charge in [-0.25, -0.2) is 4.39 Å². The lowest BCUT2D eigenvalue weighted by Crippen LogP contribution is -2.12. The number of halogens is 3. The zero-order valence-corrected chi connectivity index (χ0v) is 10.9. The molecular weight excluding hydrogens is 268 g/mol. The number of ether oxygens (including phenoxy) is 2. The number of nitrogens with one attached hydrogen (secondary N) is 1. The van der Waals surface area contributed by atoms with E-state index in [1.54, 1.807) is 7.11 Å². The zero-order chi connectivity index (χ0) is 12.7. The monoisotopic (exact) mass is 281 g/mol. The number of benzene rings is 1. The van der Waals surface area contributed by atoms with Gasteiger partial charge in [0, 0.05) is 13.7 Å². The summed E-state index contributed by atoms with van der Waals surface area (Å²) >= 11 is 11.7. The fourth-order valence-electron chi connectivity index (χ4n) is 1.20. The van der Waals surface area contributed by atoms with E-state index in [0.29, 0.717) is 32.1 Å². The van der Waals surface area contributed by atoms with E-state index in [-0.39, 0.29) is 10.0 Å². The Morgan fingerprint density at radius 3 is 2.41 bits per heavy atom. The van der Waals surface area contributed by atoms with Gasteiger partial charge in [-0.15, -0.1) is 0 Å². The van der Waals surface area contributed by atoms with Crippen molar-refractivity contribution in [2.75, 3.05) is 38.8 Å². The smallest absolute Gasteiger partial charge is 0.126 e. The molecule has 1 rings (SSSR count). The van der Waals surface area contributed by atoms with Crippen LogP contribution in [0.3, 0.4) is 0 Å². The van der Waals surface area contributed by atoms with E-state index in [1.807, 2.05) is 0 Å². The zero-order valence-electron chi connectivity index (χ0n) is 9.43. The Morgan fingerprint density at radius 2 is 1.82 bits per heavy atom. The highest BCUT2D eigenvalue weighted by molar-refractivity contribution is 6.39. The summed E-state index contributed by atoms with van der Waals surface area (Å²) in [6, 6.07) is 2.42. The van der Waals surface area contributed by atoms with Crippen LogP contribution in [0.15, 0.2) is 12.1 Å². The second kappa shape index (κ2) is 7.71. The van der Waals surface area contributed by atoms with Crippen LogP contribution in [-0.4, -0.2) is 33.5 Å². The molecule has 6 heteroatoms. The minimum absolute atomic E-state index is 0.256. The molecule has 0 unspecified atom stereocenters. The van der Waals surface area contributed by atoms with E-state index < -0.39 is 5.82 Å². The predicted octanol–water partition coefficient (Wildman–Crippen LogP) is 3.21. The molecule has 0 radical (unpaired) electrons. The van der Waals surface area contributed by atoms with Crippen molar-refractivity contribution in [2.45, 2.75) is 0 Å². The van der Waals surface area contributed by atoms with Gasteiger partial charge in [-0.05, 0) is 12.1 Å². The summed E-state index contributed by atoms with van der Waals surface area (Å²) in [5, 5.41) is 3.50. The lowest BCUT2D eigenvalue weighted by atomic mass is 10.3. The van der Waals surface area contributed by atoms with Gasteiger partial charge in [0.1, 0.15) is 5.82 Å². The average Bonchev–Trinajstić information content (AvgIpc) is 2.26. The Hall–Kier alpha value is -0.550. The molecular formula is C11H14Cl2FNO2. The van der Waals surface area contributed by atoms with Crippen molar-refractivity contribution in [3.63, 3.8) is 0 Å². The summed E-state index contributed by atoms with van der Waals surface area (Å²) in [6.07, 6.45) is 0. The van der Waals surface area contributed by atoms with Crippen LogP contribution in [0.5, 0.6) is 0 Å². The molecule has 0 fully saturated rings. The van der Waals surface area contributed by atoms with Gasteiger partial charge in [0.15, 0.2) is 0 Å². The molecule has 1 N–H and O–H groups in total. The third-order valence-corrected chi connectivity index (χ3v) is 2.58. The number of rotatable bonds is 7. The van der Waals surface area contributed by atoms with Crippen molar-refractivity contribution < 1.29 is 13.9 Å². The van der Waals surface area contributed by atoms with Gasteiger partial charge < -0.3 is 14.8 Å². The fourth-order valence-corrected chi connectivity index (χ4v) is 1.80. The predicted molar refractivity (Wildman–Crippen MR) is 67.6 cm³/mol. The lowest BCUT2D eigenvalue weighted by molar-refractivity contribution is 0.0759. The summed E-state index contributed by atoms with van der Waals surface area (Å²) in [6.45, 7) is 2.11. The van der Waals surface area contributed by atoms with Crippen molar-refractivity contribution in [1.82, 2.24) is 0 Å². The third kappa shape index (κ3) is 5.08. The van der Waals surface area contributed by atoms with Crippen LogP contribution in [0.25, 0.3) is 0 Å². The molecule has 0 amide bonds.